The van der Waals surface area contributed by atoms with Gasteiger partial charge in [-0.25, -0.2) is 4.79 Å². The van der Waals surface area contributed by atoms with Crippen molar-refractivity contribution in [2.45, 2.75) is 185 Å². The molecular formula is C70H100N14O23S. The van der Waals surface area contributed by atoms with Gasteiger partial charge in [-0.3, -0.25) is 71.9 Å². The van der Waals surface area contributed by atoms with Crippen LogP contribution < -0.4 is 74.9 Å². The third-order valence-electron chi connectivity index (χ3n) is 17.1. The van der Waals surface area contributed by atoms with Crippen molar-refractivity contribution in [3.63, 3.8) is 0 Å². The molecule has 594 valence electrons. The minimum Gasteiger partial charge on any atom is -0.508 e. The molecule has 0 aliphatic heterocycles. The number of carboxylic acids is 3. The Morgan fingerprint density at radius 1 is 0.398 bits per heavy atom. The van der Waals surface area contributed by atoms with Gasteiger partial charge in [0.2, 0.25) is 76.8 Å². The lowest BCUT2D eigenvalue weighted by molar-refractivity contribution is -0.142. The van der Waals surface area contributed by atoms with Crippen LogP contribution in [0.25, 0.3) is 0 Å². The molecule has 0 spiro atoms. The van der Waals surface area contributed by atoms with Crippen LogP contribution in [0.4, 0.5) is 0 Å². The second-order valence-corrected chi connectivity index (χ2v) is 26.7. The molecule has 3 rings (SSSR count). The predicted octanol–water partition coefficient (Wildman–Crippen LogP) is -4.30. The van der Waals surface area contributed by atoms with Gasteiger partial charge in [0.1, 0.15) is 84.0 Å². The maximum Gasteiger partial charge on any atom is 0.326 e. The van der Waals surface area contributed by atoms with E-state index in [4.69, 9.17) is 5.73 Å². The van der Waals surface area contributed by atoms with Crippen LogP contribution >= 0.6 is 11.8 Å². The number of amides is 13. The number of carbonyl (C=O) groups excluding carboxylic acids is 13. The Balaban J connectivity index is 1.80. The summed E-state index contributed by atoms with van der Waals surface area (Å²) in [6.07, 6.45) is -0.689. The number of carboxylic acid groups (broad SMARTS) is 3. The van der Waals surface area contributed by atoms with Crippen molar-refractivity contribution in [1.29, 1.82) is 0 Å². The molecule has 3 aromatic rings. The quantitative estimate of drug-likeness (QED) is 0.0254. The first-order valence-corrected chi connectivity index (χ1v) is 36.0. The SMILES string of the molecule is CC[C@H](C)[C@H](NC(=O)[C@H](CO)NC(=O)[C@H](Cc1ccc(O)cc1)NC(=O)[C@H](CC(=O)O)NC(=O)[C@H](CO)NC(=O)[C@@H](NC(=O)[C@H](Cc1ccccc1)NC(=O)[C@H](C)NC(=O)CNC(=O)[C@H](CCC(=O)O)NC(=O)[C@H](C)NC(=O)[C@@H](N)Cc1ccc(O)cc1)[C@@H](C)CC)C(=O)N[C@@H](C)C(=O)N[C@@H](CCSC)C(=O)O. The first-order valence-electron chi connectivity index (χ1n) is 34.6. The van der Waals surface area contributed by atoms with E-state index < -0.39 is 231 Å². The maximum absolute atomic E-state index is 14.4. The van der Waals surface area contributed by atoms with Gasteiger partial charge in [0.15, 0.2) is 0 Å². The van der Waals surface area contributed by atoms with Gasteiger partial charge in [-0.05, 0) is 105 Å². The number of hydrogen-bond acceptors (Lipinski definition) is 22. The van der Waals surface area contributed by atoms with Crippen molar-refractivity contribution < 1.29 is 112 Å². The molecule has 0 saturated heterocycles. The van der Waals surface area contributed by atoms with Crippen LogP contribution in [0.2, 0.25) is 0 Å². The van der Waals surface area contributed by atoms with E-state index in [0.29, 0.717) is 16.9 Å². The van der Waals surface area contributed by atoms with Gasteiger partial charge in [-0.2, -0.15) is 11.8 Å². The van der Waals surface area contributed by atoms with Gasteiger partial charge in [-0.1, -0.05) is 95.1 Å². The van der Waals surface area contributed by atoms with Crippen LogP contribution in [0, 0.1) is 11.8 Å². The predicted molar refractivity (Wildman–Crippen MR) is 388 cm³/mol. The van der Waals surface area contributed by atoms with Crippen molar-refractivity contribution in [3.05, 3.63) is 95.6 Å². The Morgan fingerprint density at radius 2 is 0.778 bits per heavy atom. The fourth-order valence-corrected chi connectivity index (χ4v) is 10.7. The summed E-state index contributed by atoms with van der Waals surface area (Å²) >= 11 is 1.35. The number of hydrogen-bond donors (Lipinski definition) is 21. The van der Waals surface area contributed by atoms with Gasteiger partial charge in [0.05, 0.1) is 32.2 Å². The van der Waals surface area contributed by atoms with Crippen LogP contribution in [-0.4, -0.2) is 241 Å². The molecule has 0 saturated carbocycles. The number of nitrogens with one attached hydrogen (secondary N) is 13. The molecular weight excluding hydrogens is 1440 g/mol. The van der Waals surface area contributed by atoms with Gasteiger partial charge in [-0.15, -0.1) is 0 Å². The van der Waals surface area contributed by atoms with Gasteiger partial charge >= 0.3 is 17.9 Å². The van der Waals surface area contributed by atoms with Crippen molar-refractivity contribution >= 4 is 106 Å². The highest BCUT2D eigenvalue weighted by Gasteiger charge is 2.38. The Bertz CT molecular complexity index is 3600. The summed E-state index contributed by atoms with van der Waals surface area (Å²) in [4.78, 5) is 214. The lowest BCUT2D eigenvalue weighted by atomic mass is 9.96. The molecule has 0 fully saturated rings. The summed E-state index contributed by atoms with van der Waals surface area (Å²) in [7, 11) is 0. The third kappa shape index (κ3) is 31.6. The van der Waals surface area contributed by atoms with Crippen molar-refractivity contribution in [1.82, 2.24) is 69.1 Å². The van der Waals surface area contributed by atoms with Crippen LogP contribution in [0.15, 0.2) is 78.9 Å². The highest BCUT2D eigenvalue weighted by molar-refractivity contribution is 7.98. The zero-order valence-electron chi connectivity index (χ0n) is 61.0. The van der Waals surface area contributed by atoms with Crippen molar-refractivity contribution in [3.8, 4) is 11.5 Å². The van der Waals surface area contributed by atoms with E-state index in [2.05, 4.69) is 69.1 Å². The summed E-state index contributed by atoms with van der Waals surface area (Å²) in [6.45, 7) is 7.03. The summed E-state index contributed by atoms with van der Waals surface area (Å²) in [5, 5.41) is 100. The van der Waals surface area contributed by atoms with Crippen molar-refractivity contribution in [2.24, 2.45) is 17.6 Å². The van der Waals surface area contributed by atoms with Gasteiger partial charge < -0.3 is 111 Å². The van der Waals surface area contributed by atoms with E-state index in [1.165, 1.54) is 75.9 Å². The molecule has 0 aliphatic carbocycles. The number of rotatable bonds is 47. The van der Waals surface area contributed by atoms with E-state index in [1.54, 1.807) is 69.5 Å². The molecule has 37 nitrogen and oxygen atoms in total. The number of aliphatic hydroxyl groups excluding tert-OH is 2. The number of carbonyl (C=O) groups is 16. The van der Waals surface area contributed by atoms with Gasteiger partial charge in [0, 0.05) is 19.3 Å². The number of aliphatic carboxylic acids is 3. The molecule has 0 radical (unpaired) electrons. The second-order valence-electron chi connectivity index (χ2n) is 25.7. The molecule has 0 unspecified atom stereocenters. The Hall–Kier alpha value is -11.0. The van der Waals surface area contributed by atoms with Crippen LogP contribution in [0.5, 0.6) is 11.5 Å². The summed E-state index contributed by atoms with van der Waals surface area (Å²) in [6, 6.07) is -1.13. The number of phenolic OH excluding ortho intramolecular Hbond substituents is 2. The second kappa shape index (κ2) is 46.2. The first kappa shape index (κ1) is 91.2. The summed E-state index contributed by atoms with van der Waals surface area (Å²) in [5.74, 6) is -19.1. The van der Waals surface area contributed by atoms with Crippen molar-refractivity contribution in [2.75, 3.05) is 31.8 Å². The average Bonchev–Trinajstić information content (AvgIpc) is 0.849. The smallest absolute Gasteiger partial charge is 0.326 e. The fraction of sp³-hybridized carbons (Fsp3) is 0.514. The normalized spacial score (nSPS) is 15.2. The lowest BCUT2D eigenvalue weighted by Crippen LogP contribution is -2.62. The molecule has 108 heavy (non-hydrogen) atoms. The van der Waals surface area contributed by atoms with E-state index in [9.17, 15) is 112 Å². The highest BCUT2D eigenvalue weighted by Crippen LogP contribution is 2.17. The summed E-state index contributed by atoms with van der Waals surface area (Å²) in [5.41, 5.74) is 7.36. The van der Waals surface area contributed by atoms with E-state index in [-0.39, 0.29) is 49.2 Å². The van der Waals surface area contributed by atoms with E-state index in [1.807, 2.05) is 0 Å². The fourth-order valence-electron chi connectivity index (χ4n) is 10.2. The van der Waals surface area contributed by atoms with Crippen LogP contribution in [-0.2, 0) is 96.0 Å². The molecule has 13 amide bonds. The number of aliphatic hydroxyl groups is 2. The number of thioether (sulfide) groups is 1. The molecule has 0 aliphatic rings. The Kier molecular flexibility index (Phi) is 39.0. The number of benzene rings is 3. The van der Waals surface area contributed by atoms with E-state index in [0.717, 1.165) is 0 Å². The molecule has 0 aromatic heterocycles. The molecule has 3 aromatic carbocycles. The zero-order valence-corrected chi connectivity index (χ0v) is 61.8. The number of phenols is 2. The monoisotopic (exact) mass is 1540 g/mol. The lowest BCUT2D eigenvalue weighted by Gasteiger charge is -2.29. The largest absolute Gasteiger partial charge is 0.508 e. The third-order valence-corrected chi connectivity index (χ3v) is 17.7. The molecule has 0 bridgehead atoms. The Morgan fingerprint density at radius 3 is 1.24 bits per heavy atom. The van der Waals surface area contributed by atoms with E-state index >= 15 is 0 Å². The number of nitrogens with two attached hydrogens (primary N) is 1. The minimum absolute atomic E-state index is 0.0111. The van der Waals surface area contributed by atoms with Crippen LogP contribution in [0.1, 0.15) is 104 Å². The molecule has 0 heterocycles. The molecule has 22 N–H and O–H groups in total. The topological polar surface area (TPSA) is 597 Å². The number of aromatic hydroxyl groups is 2. The van der Waals surface area contributed by atoms with Crippen LogP contribution in [0.3, 0.4) is 0 Å². The maximum atomic E-state index is 14.4. The van der Waals surface area contributed by atoms with Gasteiger partial charge in [0.25, 0.3) is 0 Å². The Labute approximate surface area is 626 Å². The zero-order chi connectivity index (χ0) is 81.1. The summed E-state index contributed by atoms with van der Waals surface area (Å²) < 4.78 is 0. The first-order chi connectivity index (χ1) is 50.9. The molecule has 38 heteroatoms. The standard InChI is InChI=1S/C70H100N14O23S/c1-9-35(3)56(68(104)75-39(7)60(96)77-47(70(106)107)26-27-108-8)84-67(103)52(34-86)81-63(99)48(30-42-18-22-44(88)23-19-42)79-64(100)50(31-55(92)93)80-66(102)51(33-85)82-69(105)57(36(4)10-2)83-65(101)49(29-40-14-12-11-13-15-40)78-58(94)37(5)73-53(89)32-72-62(98)46(24-25-54(90)91)76-59(95)38(6)74-61(97)45(71)28-41-16-20-43(87)21-17-41/h11-23,35-39,45-52,56-57,85-88H,9-10,24-34,71H2,1-8H3,(H,72,98)(H,73,89)(H,74,97)(H,75,104)(H,76,95)(H,77,96)(H,78,94)(H,79,100)(H,80,102)(H,81,99)(H,82,105)(H,83,101)(H,84,103)(H,90,91)(H,92,93)(H,106,107)/t35-,36-,37-,38-,39-,45-,46-,47-,48-,49-,50-,51-,52-,56-,57-/m0/s1. The highest BCUT2D eigenvalue weighted by atomic mass is 32.2. The average molecular weight is 1540 g/mol. The minimum atomic E-state index is -2.10. The molecule has 15 atom stereocenters.